The van der Waals surface area contributed by atoms with Crippen molar-refractivity contribution < 1.29 is 0 Å². The summed E-state index contributed by atoms with van der Waals surface area (Å²) in [5, 5.41) is 0. The predicted molar refractivity (Wildman–Crippen MR) is 98.0 cm³/mol. The number of aromatic nitrogens is 3. The lowest BCUT2D eigenvalue weighted by molar-refractivity contribution is 0.775. The second-order valence-electron chi connectivity index (χ2n) is 6.66. The fourth-order valence-corrected chi connectivity index (χ4v) is 3.91. The Labute approximate surface area is 144 Å². The molecule has 2 heterocycles. The van der Waals surface area contributed by atoms with Crippen LogP contribution in [0.15, 0.2) is 65.7 Å². The summed E-state index contributed by atoms with van der Waals surface area (Å²) < 4.78 is 1.95. The molecule has 0 radical (unpaired) electrons. The smallest absolute Gasteiger partial charge is 0.292 e. The second-order valence-corrected chi connectivity index (χ2v) is 6.66. The van der Waals surface area contributed by atoms with Crippen LogP contribution in [0.1, 0.15) is 28.3 Å². The van der Waals surface area contributed by atoms with E-state index in [-0.39, 0.29) is 11.5 Å². The fourth-order valence-electron chi connectivity index (χ4n) is 3.91. The Kier molecular flexibility index (Phi) is 2.95. The van der Waals surface area contributed by atoms with Gasteiger partial charge in [-0.25, -0.2) is 4.98 Å². The van der Waals surface area contributed by atoms with Crippen molar-refractivity contribution in [1.29, 1.82) is 0 Å². The second kappa shape index (κ2) is 5.18. The molecule has 1 unspecified atom stereocenters. The van der Waals surface area contributed by atoms with Gasteiger partial charge in [0.05, 0.1) is 11.4 Å². The number of imidazole rings is 1. The number of nitrogens with zero attached hydrogens (tertiary/aromatic N) is 2. The van der Waals surface area contributed by atoms with Crippen LogP contribution in [0, 0.1) is 6.92 Å². The minimum absolute atomic E-state index is 0.144. The zero-order valence-electron chi connectivity index (χ0n) is 13.9. The van der Waals surface area contributed by atoms with Crippen molar-refractivity contribution in [2.24, 2.45) is 0 Å². The number of rotatable bonds is 2. The zero-order chi connectivity index (χ0) is 17.0. The molecule has 1 aliphatic rings. The van der Waals surface area contributed by atoms with Gasteiger partial charge in [-0.3, -0.25) is 9.20 Å². The van der Waals surface area contributed by atoms with Gasteiger partial charge < -0.3 is 4.98 Å². The van der Waals surface area contributed by atoms with E-state index in [1.807, 2.05) is 16.7 Å². The molecule has 0 spiro atoms. The number of hydrogen-bond donors (Lipinski definition) is 1. The maximum absolute atomic E-state index is 12.4. The summed E-state index contributed by atoms with van der Waals surface area (Å²) in [7, 11) is 0. The third-order valence-corrected chi connectivity index (χ3v) is 5.09. The Bertz CT molecular complexity index is 1150. The molecule has 1 N–H and O–H groups in total. The van der Waals surface area contributed by atoms with E-state index >= 15 is 0 Å². The van der Waals surface area contributed by atoms with Crippen LogP contribution in [-0.4, -0.2) is 14.4 Å². The Balaban J connectivity index is 1.75. The number of benzene rings is 2. The number of aryl methyl sites for hydroxylation is 1. The van der Waals surface area contributed by atoms with Crippen molar-refractivity contribution in [2.45, 2.75) is 19.3 Å². The molecule has 25 heavy (non-hydrogen) atoms. The van der Waals surface area contributed by atoms with E-state index in [4.69, 9.17) is 0 Å². The van der Waals surface area contributed by atoms with E-state index in [2.05, 4.69) is 59.4 Å². The standard InChI is InChI=1S/C21H17N3O/c1-13-6-8-14(9-7-13)12-17-15-4-2-3-5-16(15)18-19(17)24-11-10-22-20(24)21(25)23-18/h2-11,17H,12H2,1H3,(H,23,25). The quantitative estimate of drug-likeness (QED) is 0.610. The number of fused-ring (bicyclic) bond motifs is 5. The van der Waals surface area contributed by atoms with Crippen LogP contribution in [0.2, 0.25) is 0 Å². The largest absolute Gasteiger partial charge is 0.317 e. The van der Waals surface area contributed by atoms with Crippen LogP contribution in [0.5, 0.6) is 0 Å². The van der Waals surface area contributed by atoms with Gasteiger partial charge in [0.25, 0.3) is 5.56 Å². The van der Waals surface area contributed by atoms with E-state index in [9.17, 15) is 4.79 Å². The Hall–Kier alpha value is -3.14. The van der Waals surface area contributed by atoms with Crippen molar-refractivity contribution in [2.75, 3.05) is 0 Å². The SMILES string of the molecule is Cc1ccc(CC2c3ccccc3-c3[nH]c(=O)c4nccn4c32)cc1. The van der Waals surface area contributed by atoms with Gasteiger partial charge in [-0.15, -0.1) is 0 Å². The van der Waals surface area contributed by atoms with Crippen LogP contribution in [0.3, 0.4) is 0 Å². The third-order valence-electron chi connectivity index (χ3n) is 5.09. The van der Waals surface area contributed by atoms with E-state index in [0.29, 0.717) is 5.65 Å². The maximum atomic E-state index is 12.4. The average molecular weight is 327 g/mol. The Morgan fingerprint density at radius 3 is 2.76 bits per heavy atom. The molecule has 4 nitrogen and oxygen atoms in total. The van der Waals surface area contributed by atoms with Crippen LogP contribution < -0.4 is 5.56 Å². The van der Waals surface area contributed by atoms with Crippen LogP contribution >= 0.6 is 0 Å². The highest BCUT2D eigenvalue weighted by molar-refractivity contribution is 5.75. The summed E-state index contributed by atoms with van der Waals surface area (Å²) in [6.07, 6.45) is 4.47. The molecule has 1 atom stereocenters. The molecule has 4 aromatic rings. The molecule has 2 aromatic carbocycles. The predicted octanol–water partition coefficient (Wildman–Crippen LogP) is 3.69. The molecule has 4 heteroatoms. The lowest BCUT2D eigenvalue weighted by atomic mass is 9.92. The first-order chi connectivity index (χ1) is 12.2. The topological polar surface area (TPSA) is 50.2 Å². The molecule has 1 aliphatic carbocycles. The maximum Gasteiger partial charge on any atom is 0.292 e. The molecule has 2 aromatic heterocycles. The van der Waals surface area contributed by atoms with E-state index in [1.54, 1.807) is 6.20 Å². The minimum atomic E-state index is -0.144. The van der Waals surface area contributed by atoms with Gasteiger partial charge in [0.15, 0.2) is 0 Å². The lowest BCUT2D eigenvalue weighted by Crippen LogP contribution is -2.15. The average Bonchev–Trinajstić information content (AvgIpc) is 3.22. The van der Waals surface area contributed by atoms with Crippen molar-refractivity contribution in [3.63, 3.8) is 0 Å². The van der Waals surface area contributed by atoms with Crippen molar-refractivity contribution in [3.8, 4) is 11.3 Å². The highest BCUT2D eigenvalue weighted by Crippen LogP contribution is 2.44. The van der Waals surface area contributed by atoms with Gasteiger partial charge >= 0.3 is 0 Å². The third kappa shape index (κ3) is 2.07. The summed E-state index contributed by atoms with van der Waals surface area (Å²) in [5.74, 6) is 0.197. The van der Waals surface area contributed by atoms with Crippen LogP contribution in [0.25, 0.3) is 16.9 Å². The summed E-state index contributed by atoms with van der Waals surface area (Å²) >= 11 is 0. The van der Waals surface area contributed by atoms with Crippen molar-refractivity contribution in [3.05, 3.63) is 93.7 Å². The van der Waals surface area contributed by atoms with Gasteiger partial charge in [0.2, 0.25) is 5.65 Å². The molecule has 0 fully saturated rings. The summed E-state index contributed by atoms with van der Waals surface area (Å²) in [6, 6.07) is 17.0. The molecule has 0 saturated carbocycles. The number of nitrogens with one attached hydrogen (secondary N) is 1. The number of hydrogen-bond acceptors (Lipinski definition) is 2. The van der Waals surface area contributed by atoms with E-state index in [1.165, 1.54) is 16.7 Å². The highest BCUT2D eigenvalue weighted by atomic mass is 16.1. The van der Waals surface area contributed by atoms with Gasteiger partial charge in [-0.1, -0.05) is 54.1 Å². The lowest BCUT2D eigenvalue weighted by Gasteiger charge is -2.15. The fraction of sp³-hybridized carbons (Fsp3) is 0.143. The molecule has 0 amide bonds. The minimum Gasteiger partial charge on any atom is -0.317 e. The van der Waals surface area contributed by atoms with Crippen LogP contribution in [-0.2, 0) is 6.42 Å². The first kappa shape index (κ1) is 14.2. The number of aromatic amines is 1. The first-order valence-corrected chi connectivity index (χ1v) is 8.46. The Morgan fingerprint density at radius 1 is 1.12 bits per heavy atom. The van der Waals surface area contributed by atoms with Crippen LogP contribution in [0.4, 0.5) is 0 Å². The normalized spacial score (nSPS) is 15.3. The summed E-state index contributed by atoms with van der Waals surface area (Å²) in [4.78, 5) is 19.7. The molecule has 122 valence electrons. The van der Waals surface area contributed by atoms with Crippen molar-refractivity contribution in [1.82, 2.24) is 14.4 Å². The van der Waals surface area contributed by atoms with Gasteiger partial charge in [-0.2, -0.15) is 0 Å². The summed E-state index contributed by atoms with van der Waals surface area (Å²) in [5.41, 5.74) is 7.28. The van der Waals surface area contributed by atoms with Gasteiger partial charge in [0.1, 0.15) is 0 Å². The molecule has 0 saturated heterocycles. The van der Waals surface area contributed by atoms with Gasteiger partial charge in [0, 0.05) is 23.9 Å². The summed E-state index contributed by atoms with van der Waals surface area (Å²) in [6.45, 7) is 2.10. The zero-order valence-corrected chi connectivity index (χ0v) is 13.9. The number of H-pyrrole nitrogens is 1. The monoisotopic (exact) mass is 327 g/mol. The molecular weight excluding hydrogens is 310 g/mol. The Morgan fingerprint density at radius 2 is 1.92 bits per heavy atom. The first-order valence-electron chi connectivity index (χ1n) is 8.46. The molecule has 0 aliphatic heterocycles. The van der Waals surface area contributed by atoms with E-state index in [0.717, 1.165) is 23.4 Å². The molecule has 0 bridgehead atoms. The highest BCUT2D eigenvalue weighted by Gasteiger charge is 2.32. The molecular formula is C21H17N3O. The molecule has 5 rings (SSSR count). The van der Waals surface area contributed by atoms with Crippen molar-refractivity contribution >= 4 is 5.65 Å². The van der Waals surface area contributed by atoms with Gasteiger partial charge in [-0.05, 0) is 24.5 Å². The van der Waals surface area contributed by atoms with E-state index < -0.39 is 0 Å².